The Morgan fingerprint density at radius 2 is 1.92 bits per heavy atom. The summed E-state index contributed by atoms with van der Waals surface area (Å²) in [7, 11) is 0. The molecule has 1 aliphatic heterocycles. The first-order valence-corrected chi connectivity index (χ1v) is 8.62. The largest absolute Gasteiger partial charge is 0.468 e. The van der Waals surface area contributed by atoms with E-state index < -0.39 is 12.3 Å². The van der Waals surface area contributed by atoms with Gasteiger partial charge < -0.3 is 14.2 Å². The number of esters is 1. The van der Waals surface area contributed by atoms with E-state index in [0.717, 1.165) is 11.1 Å². The lowest BCUT2D eigenvalue weighted by molar-refractivity contribution is -0.138. The summed E-state index contributed by atoms with van der Waals surface area (Å²) < 4.78 is 16.5. The van der Waals surface area contributed by atoms with Gasteiger partial charge in [0, 0.05) is 10.6 Å². The van der Waals surface area contributed by atoms with Gasteiger partial charge in [0.1, 0.15) is 18.4 Å². The molecule has 26 heavy (non-hydrogen) atoms. The molecule has 0 saturated carbocycles. The van der Waals surface area contributed by atoms with Crippen LogP contribution < -0.4 is 0 Å². The fourth-order valence-corrected chi connectivity index (χ4v) is 2.63. The van der Waals surface area contributed by atoms with E-state index >= 15 is 0 Å². The number of carbonyl (C=O) groups excluding carboxylic acids is 1. The maximum atomic E-state index is 12.6. The molecule has 0 N–H and O–H groups in total. The van der Waals surface area contributed by atoms with Gasteiger partial charge in [0.25, 0.3) is 0 Å². The smallest absolute Gasteiger partial charge is 0.342 e. The first-order valence-electron chi connectivity index (χ1n) is 8.24. The summed E-state index contributed by atoms with van der Waals surface area (Å²) in [4.78, 5) is 12.6. The van der Waals surface area contributed by atoms with Crippen molar-refractivity contribution in [3.05, 3.63) is 88.7 Å². The summed E-state index contributed by atoms with van der Waals surface area (Å²) in [6.07, 6.45) is 2.77. The lowest BCUT2D eigenvalue weighted by Gasteiger charge is -2.12. The van der Waals surface area contributed by atoms with Crippen molar-refractivity contribution in [3.63, 3.8) is 0 Å². The second-order valence-electron chi connectivity index (χ2n) is 5.89. The Kier molecular flexibility index (Phi) is 6.10. The Bertz CT molecular complexity index is 827. The van der Waals surface area contributed by atoms with Crippen LogP contribution in [0.5, 0.6) is 0 Å². The topological polar surface area (TPSA) is 44.8 Å². The van der Waals surface area contributed by atoms with Crippen LogP contribution in [-0.4, -0.2) is 18.9 Å². The highest BCUT2D eigenvalue weighted by molar-refractivity contribution is 6.31. The van der Waals surface area contributed by atoms with Crippen LogP contribution in [0.2, 0.25) is 5.02 Å². The van der Waals surface area contributed by atoms with E-state index in [0.29, 0.717) is 22.8 Å². The summed E-state index contributed by atoms with van der Waals surface area (Å²) in [5, 5.41) is 0.557. The highest BCUT2D eigenvalue weighted by Crippen LogP contribution is 2.21. The van der Waals surface area contributed by atoms with E-state index in [1.807, 2.05) is 61.5 Å². The van der Waals surface area contributed by atoms with Crippen LogP contribution >= 0.6 is 11.6 Å². The summed E-state index contributed by atoms with van der Waals surface area (Å²) >= 11 is 6.11. The van der Waals surface area contributed by atoms with Gasteiger partial charge in [0.15, 0.2) is 0 Å². The molecule has 0 aliphatic carbocycles. The van der Waals surface area contributed by atoms with Gasteiger partial charge in [-0.2, -0.15) is 0 Å². The zero-order valence-electron chi connectivity index (χ0n) is 14.4. The summed E-state index contributed by atoms with van der Waals surface area (Å²) in [5.74, 6) is -0.491. The van der Waals surface area contributed by atoms with Gasteiger partial charge in [-0.3, -0.25) is 0 Å². The molecule has 5 heteroatoms. The lowest BCUT2D eigenvalue weighted by Crippen LogP contribution is -2.11. The van der Waals surface area contributed by atoms with Crippen molar-refractivity contribution in [1.29, 1.82) is 0 Å². The van der Waals surface area contributed by atoms with Gasteiger partial charge in [0.05, 0.1) is 6.61 Å². The minimum absolute atomic E-state index is 0.0849. The molecule has 2 aromatic rings. The fraction of sp³-hybridized carbons (Fsp3) is 0.190. The van der Waals surface area contributed by atoms with Crippen molar-refractivity contribution in [1.82, 2.24) is 0 Å². The van der Waals surface area contributed by atoms with Gasteiger partial charge in [0.2, 0.25) is 6.29 Å². The molecular formula is C21H19ClO4. The molecule has 1 unspecified atom stereocenters. The molecule has 0 spiro atoms. The number of rotatable bonds is 6. The molecule has 4 nitrogen and oxygen atoms in total. The molecule has 1 heterocycles. The maximum absolute atomic E-state index is 12.6. The normalized spacial score (nSPS) is 16.9. The second kappa shape index (κ2) is 8.70. The third-order valence-electron chi connectivity index (χ3n) is 3.84. The SMILES string of the molecule is CC1=CC(O/C=C(/C(=O)OCc2ccccc2Cl)c2ccccc2)OC1. The third-order valence-corrected chi connectivity index (χ3v) is 4.21. The first-order chi connectivity index (χ1) is 12.6. The standard InChI is InChI=1S/C21H19ClO4/c1-15-11-20(24-12-15)25-14-18(16-7-3-2-4-8-16)21(23)26-13-17-9-5-6-10-19(17)22/h2-11,14,20H,12-13H2,1H3/b18-14+. The third kappa shape index (κ3) is 4.75. The van der Waals surface area contributed by atoms with Crippen molar-refractivity contribution in [2.75, 3.05) is 6.61 Å². The molecule has 1 aliphatic rings. The zero-order valence-corrected chi connectivity index (χ0v) is 15.1. The van der Waals surface area contributed by atoms with Crippen molar-refractivity contribution >= 4 is 23.1 Å². The summed E-state index contributed by atoms with van der Waals surface area (Å²) in [5.41, 5.74) is 2.86. The van der Waals surface area contributed by atoms with Crippen molar-refractivity contribution in [2.45, 2.75) is 19.8 Å². The molecular weight excluding hydrogens is 352 g/mol. The van der Waals surface area contributed by atoms with Gasteiger partial charge in [-0.1, -0.05) is 60.1 Å². The van der Waals surface area contributed by atoms with Gasteiger partial charge >= 0.3 is 5.97 Å². The number of benzene rings is 2. The predicted molar refractivity (Wildman–Crippen MR) is 100 cm³/mol. The lowest BCUT2D eigenvalue weighted by atomic mass is 10.1. The van der Waals surface area contributed by atoms with E-state index in [4.69, 9.17) is 25.8 Å². The molecule has 1 atom stereocenters. The number of hydrogen-bond donors (Lipinski definition) is 0. The van der Waals surface area contributed by atoms with Crippen LogP contribution in [0, 0.1) is 0 Å². The molecule has 0 fully saturated rings. The van der Waals surface area contributed by atoms with Crippen LogP contribution in [-0.2, 0) is 25.6 Å². The highest BCUT2D eigenvalue weighted by Gasteiger charge is 2.18. The van der Waals surface area contributed by atoms with E-state index in [-0.39, 0.29) is 6.61 Å². The molecule has 3 rings (SSSR count). The molecule has 0 radical (unpaired) electrons. The maximum Gasteiger partial charge on any atom is 0.342 e. The molecule has 0 amide bonds. The molecule has 2 aromatic carbocycles. The van der Waals surface area contributed by atoms with Crippen LogP contribution in [0.15, 0.2) is 72.5 Å². The Balaban J connectivity index is 1.74. The Morgan fingerprint density at radius 1 is 1.19 bits per heavy atom. The van der Waals surface area contributed by atoms with Crippen LogP contribution in [0.1, 0.15) is 18.1 Å². The van der Waals surface area contributed by atoms with Gasteiger partial charge in [-0.05, 0) is 30.2 Å². The average molecular weight is 371 g/mol. The van der Waals surface area contributed by atoms with Crippen LogP contribution in [0.4, 0.5) is 0 Å². The number of carbonyl (C=O) groups is 1. The average Bonchev–Trinajstić information content (AvgIpc) is 3.07. The molecule has 134 valence electrons. The van der Waals surface area contributed by atoms with E-state index in [1.54, 1.807) is 6.07 Å². The number of ether oxygens (including phenoxy) is 3. The minimum atomic E-state index is -0.495. The zero-order chi connectivity index (χ0) is 18.4. The molecule has 0 saturated heterocycles. The second-order valence-corrected chi connectivity index (χ2v) is 6.30. The molecule has 0 bridgehead atoms. The van der Waals surface area contributed by atoms with E-state index in [9.17, 15) is 4.79 Å². The minimum Gasteiger partial charge on any atom is -0.468 e. The Hall–Kier alpha value is -2.56. The van der Waals surface area contributed by atoms with Gasteiger partial charge in [-0.25, -0.2) is 4.79 Å². The van der Waals surface area contributed by atoms with Crippen molar-refractivity contribution in [2.24, 2.45) is 0 Å². The van der Waals surface area contributed by atoms with E-state index in [1.165, 1.54) is 6.26 Å². The van der Waals surface area contributed by atoms with Crippen molar-refractivity contribution in [3.8, 4) is 0 Å². The summed E-state index contributed by atoms with van der Waals surface area (Å²) in [6.45, 7) is 2.57. The highest BCUT2D eigenvalue weighted by atomic mass is 35.5. The fourth-order valence-electron chi connectivity index (χ4n) is 2.44. The number of halogens is 1. The van der Waals surface area contributed by atoms with E-state index in [2.05, 4.69) is 0 Å². The predicted octanol–water partition coefficient (Wildman–Crippen LogP) is 4.74. The Morgan fingerprint density at radius 3 is 2.62 bits per heavy atom. The van der Waals surface area contributed by atoms with Crippen LogP contribution in [0.25, 0.3) is 5.57 Å². The quantitative estimate of drug-likeness (QED) is 0.319. The molecule has 0 aromatic heterocycles. The summed E-state index contributed by atoms with van der Waals surface area (Å²) in [6, 6.07) is 16.5. The first kappa shape index (κ1) is 18.2. The van der Waals surface area contributed by atoms with Crippen molar-refractivity contribution < 1.29 is 19.0 Å². The number of hydrogen-bond acceptors (Lipinski definition) is 4. The monoisotopic (exact) mass is 370 g/mol. The van der Waals surface area contributed by atoms with Crippen LogP contribution in [0.3, 0.4) is 0 Å². The van der Waals surface area contributed by atoms with Gasteiger partial charge in [-0.15, -0.1) is 0 Å². The Labute approximate surface area is 157 Å².